The van der Waals surface area contributed by atoms with Crippen LogP contribution >= 0.6 is 0 Å². The summed E-state index contributed by atoms with van der Waals surface area (Å²) in [5.41, 5.74) is 1.76. The second-order valence-electron chi connectivity index (χ2n) is 6.34. The lowest BCUT2D eigenvalue weighted by Crippen LogP contribution is -2.44. The molecule has 1 fully saturated rings. The predicted octanol–water partition coefficient (Wildman–Crippen LogP) is 3.05. The molecule has 6 heteroatoms. The Morgan fingerprint density at radius 1 is 1.28 bits per heavy atom. The van der Waals surface area contributed by atoms with Crippen molar-refractivity contribution in [1.82, 2.24) is 14.9 Å². The predicted molar refractivity (Wildman–Crippen MR) is 95.1 cm³/mol. The van der Waals surface area contributed by atoms with Crippen LogP contribution in [0.3, 0.4) is 0 Å². The van der Waals surface area contributed by atoms with Crippen molar-refractivity contribution in [1.29, 1.82) is 0 Å². The van der Waals surface area contributed by atoms with E-state index < -0.39 is 0 Å². The van der Waals surface area contributed by atoms with E-state index in [2.05, 4.69) is 16.0 Å². The molecule has 134 valence electrons. The fourth-order valence-corrected chi connectivity index (χ4v) is 3.47. The Hall–Kier alpha value is -2.50. The van der Waals surface area contributed by atoms with E-state index in [1.807, 2.05) is 17.0 Å². The third-order valence-electron chi connectivity index (χ3n) is 4.83. The number of aryl methyl sites for hydroxylation is 1. The maximum Gasteiger partial charge on any atom is 0.272 e. The van der Waals surface area contributed by atoms with E-state index in [0.717, 1.165) is 43.7 Å². The van der Waals surface area contributed by atoms with Crippen LogP contribution in [0.5, 0.6) is 11.5 Å². The number of carbonyl (C=O) groups is 1. The van der Waals surface area contributed by atoms with Gasteiger partial charge in [-0.25, -0.2) is 4.98 Å². The van der Waals surface area contributed by atoms with Crippen LogP contribution in [0.25, 0.3) is 0 Å². The third-order valence-corrected chi connectivity index (χ3v) is 4.83. The first-order valence-corrected chi connectivity index (χ1v) is 8.73. The van der Waals surface area contributed by atoms with Crippen LogP contribution in [0.1, 0.15) is 41.7 Å². The first kappa shape index (κ1) is 17.3. The van der Waals surface area contributed by atoms with Gasteiger partial charge < -0.3 is 19.4 Å². The number of imidazole rings is 1. The summed E-state index contributed by atoms with van der Waals surface area (Å²) in [4.78, 5) is 21.6. The van der Waals surface area contributed by atoms with Crippen molar-refractivity contribution in [3.05, 3.63) is 42.0 Å². The van der Waals surface area contributed by atoms with Crippen LogP contribution in [0, 0.1) is 0 Å². The molecule has 0 saturated carbocycles. The number of nitrogens with one attached hydrogen (secondary N) is 1. The molecule has 0 aliphatic carbocycles. The topological polar surface area (TPSA) is 67.5 Å². The van der Waals surface area contributed by atoms with Crippen LogP contribution in [-0.2, 0) is 6.42 Å². The molecular formula is C19H25N3O3. The van der Waals surface area contributed by atoms with Gasteiger partial charge in [0.15, 0.2) is 11.5 Å². The maximum absolute atomic E-state index is 12.7. The molecule has 0 unspecified atom stereocenters. The minimum absolute atomic E-state index is 0.0505. The van der Waals surface area contributed by atoms with Gasteiger partial charge in [0.05, 0.1) is 26.7 Å². The fraction of sp³-hybridized carbons (Fsp3) is 0.474. The second kappa shape index (κ2) is 8.05. The van der Waals surface area contributed by atoms with Crippen molar-refractivity contribution in [3.63, 3.8) is 0 Å². The minimum atomic E-state index is 0.0505. The van der Waals surface area contributed by atoms with Crippen molar-refractivity contribution in [2.75, 3.05) is 20.8 Å². The average Bonchev–Trinajstić information content (AvgIpc) is 3.20. The number of methoxy groups -OCH3 is 2. The first-order chi connectivity index (χ1) is 12.2. The highest BCUT2D eigenvalue weighted by atomic mass is 16.5. The number of ether oxygens (including phenoxy) is 2. The quantitative estimate of drug-likeness (QED) is 0.875. The van der Waals surface area contributed by atoms with Gasteiger partial charge in [-0.05, 0) is 49.8 Å². The zero-order chi connectivity index (χ0) is 17.6. The summed E-state index contributed by atoms with van der Waals surface area (Å²) in [6.45, 7) is 0.814. The number of piperidine rings is 1. The van der Waals surface area contributed by atoms with Crippen LogP contribution in [-0.4, -0.2) is 47.6 Å². The Bertz CT molecular complexity index is 700. The van der Waals surface area contributed by atoms with Gasteiger partial charge in [-0.2, -0.15) is 0 Å². The number of amides is 1. The summed E-state index contributed by atoms with van der Waals surface area (Å²) in [6, 6.07) is 6.27. The SMILES string of the molecule is COc1ccc(CC[C@H]2CCCCN2C(=O)c2cnc[nH]2)cc1OC. The smallest absolute Gasteiger partial charge is 0.272 e. The summed E-state index contributed by atoms with van der Waals surface area (Å²) in [7, 11) is 3.28. The molecule has 1 N–H and O–H groups in total. The number of aromatic nitrogens is 2. The molecule has 2 aromatic rings. The molecule has 1 aromatic heterocycles. The molecule has 0 radical (unpaired) electrons. The molecule has 2 heterocycles. The van der Waals surface area contributed by atoms with Gasteiger partial charge in [-0.3, -0.25) is 4.79 Å². The van der Waals surface area contributed by atoms with Gasteiger partial charge in [0.2, 0.25) is 0 Å². The Morgan fingerprint density at radius 2 is 2.12 bits per heavy atom. The van der Waals surface area contributed by atoms with Crippen LogP contribution in [0.2, 0.25) is 0 Å². The molecule has 1 aliphatic rings. The van der Waals surface area contributed by atoms with Gasteiger partial charge in [-0.1, -0.05) is 6.07 Å². The summed E-state index contributed by atoms with van der Waals surface area (Å²) >= 11 is 0. The first-order valence-electron chi connectivity index (χ1n) is 8.73. The van der Waals surface area contributed by atoms with E-state index in [-0.39, 0.29) is 11.9 Å². The minimum Gasteiger partial charge on any atom is -0.493 e. The zero-order valence-corrected chi connectivity index (χ0v) is 14.8. The average molecular weight is 343 g/mol. The number of nitrogens with zero attached hydrogens (tertiary/aromatic N) is 2. The Morgan fingerprint density at radius 3 is 2.84 bits per heavy atom. The lowest BCUT2D eigenvalue weighted by Gasteiger charge is -2.35. The second-order valence-corrected chi connectivity index (χ2v) is 6.34. The number of benzene rings is 1. The van der Waals surface area contributed by atoms with E-state index in [1.54, 1.807) is 26.7 Å². The van der Waals surface area contributed by atoms with Gasteiger partial charge in [0, 0.05) is 12.6 Å². The van der Waals surface area contributed by atoms with Gasteiger partial charge in [-0.15, -0.1) is 0 Å². The van der Waals surface area contributed by atoms with Crippen LogP contribution in [0.15, 0.2) is 30.7 Å². The third kappa shape index (κ3) is 3.95. The Labute approximate surface area is 148 Å². The number of hydrogen-bond acceptors (Lipinski definition) is 4. The van der Waals surface area contributed by atoms with E-state index in [9.17, 15) is 4.79 Å². The Kier molecular flexibility index (Phi) is 5.58. The number of rotatable bonds is 6. The zero-order valence-electron chi connectivity index (χ0n) is 14.8. The number of hydrogen-bond donors (Lipinski definition) is 1. The van der Waals surface area contributed by atoms with Gasteiger partial charge in [0.1, 0.15) is 5.69 Å². The van der Waals surface area contributed by atoms with Crippen molar-refractivity contribution in [3.8, 4) is 11.5 Å². The maximum atomic E-state index is 12.7. The summed E-state index contributed by atoms with van der Waals surface area (Å²) in [5.74, 6) is 1.53. The van der Waals surface area contributed by atoms with Crippen molar-refractivity contribution < 1.29 is 14.3 Å². The molecule has 6 nitrogen and oxygen atoms in total. The molecule has 1 aromatic carbocycles. The largest absolute Gasteiger partial charge is 0.493 e. The summed E-state index contributed by atoms with van der Waals surface area (Å²) in [5, 5.41) is 0. The van der Waals surface area contributed by atoms with E-state index >= 15 is 0 Å². The lowest BCUT2D eigenvalue weighted by molar-refractivity contribution is 0.0596. The highest BCUT2D eigenvalue weighted by Crippen LogP contribution is 2.29. The number of carbonyl (C=O) groups excluding carboxylic acids is 1. The van der Waals surface area contributed by atoms with Crippen molar-refractivity contribution in [2.24, 2.45) is 0 Å². The lowest BCUT2D eigenvalue weighted by atomic mass is 9.95. The Balaban J connectivity index is 1.67. The molecule has 25 heavy (non-hydrogen) atoms. The molecule has 1 saturated heterocycles. The van der Waals surface area contributed by atoms with E-state index in [0.29, 0.717) is 5.69 Å². The summed E-state index contributed by atoms with van der Waals surface area (Å²) < 4.78 is 10.7. The molecular weight excluding hydrogens is 318 g/mol. The molecule has 3 rings (SSSR count). The number of aromatic amines is 1. The number of likely N-dealkylation sites (tertiary alicyclic amines) is 1. The standard InChI is InChI=1S/C19H25N3O3/c1-24-17-9-7-14(11-18(17)25-2)6-8-15-5-3-4-10-22(15)19(23)16-12-20-13-21-16/h7,9,11-13,15H,3-6,8,10H2,1-2H3,(H,20,21)/t15-/m1/s1. The van der Waals surface area contributed by atoms with Gasteiger partial charge in [0.25, 0.3) is 5.91 Å². The van der Waals surface area contributed by atoms with Gasteiger partial charge >= 0.3 is 0 Å². The van der Waals surface area contributed by atoms with Crippen LogP contribution in [0.4, 0.5) is 0 Å². The molecule has 0 spiro atoms. The molecule has 0 bridgehead atoms. The van der Waals surface area contributed by atoms with E-state index in [4.69, 9.17) is 9.47 Å². The van der Waals surface area contributed by atoms with Crippen molar-refractivity contribution >= 4 is 5.91 Å². The summed E-state index contributed by atoms with van der Waals surface area (Å²) in [6.07, 6.45) is 8.27. The monoisotopic (exact) mass is 343 g/mol. The normalized spacial score (nSPS) is 17.4. The fourth-order valence-electron chi connectivity index (χ4n) is 3.47. The molecule has 1 amide bonds. The number of H-pyrrole nitrogens is 1. The highest BCUT2D eigenvalue weighted by molar-refractivity contribution is 5.92. The molecule has 1 aliphatic heterocycles. The van der Waals surface area contributed by atoms with E-state index in [1.165, 1.54) is 12.0 Å². The van der Waals surface area contributed by atoms with Crippen molar-refractivity contribution in [2.45, 2.75) is 38.1 Å². The highest BCUT2D eigenvalue weighted by Gasteiger charge is 2.27. The van der Waals surface area contributed by atoms with Crippen LogP contribution < -0.4 is 9.47 Å². The molecule has 1 atom stereocenters.